The lowest BCUT2D eigenvalue weighted by atomic mass is 9.96. The average molecular weight is 353 g/mol. The fraction of sp³-hybridized carbons (Fsp3) is 0.500. The molecule has 2 aromatic rings. The number of anilines is 2. The molecule has 0 spiro atoms. The molecular weight excluding hydrogens is 334 g/mol. The molecule has 1 atom stereocenters. The maximum Gasteiger partial charge on any atom is 0.211 e. The Bertz CT molecular complexity index is 790. The highest BCUT2D eigenvalue weighted by Crippen LogP contribution is 2.28. The van der Waals surface area contributed by atoms with Crippen LogP contribution in [0.3, 0.4) is 0 Å². The van der Waals surface area contributed by atoms with Crippen LogP contribution in [0.25, 0.3) is 0 Å². The molecule has 0 aromatic carbocycles. The van der Waals surface area contributed by atoms with Crippen LogP contribution < -0.4 is 5.32 Å². The van der Waals surface area contributed by atoms with E-state index < -0.39 is 10.0 Å². The summed E-state index contributed by atoms with van der Waals surface area (Å²) in [6.45, 7) is 2.99. The number of aryl methyl sites for hydroxylation is 1. The highest BCUT2D eigenvalue weighted by molar-refractivity contribution is 7.88. The van der Waals surface area contributed by atoms with Crippen LogP contribution in [0.15, 0.2) is 18.2 Å². The monoisotopic (exact) mass is 353 g/mol. The molecule has 0 saturated carbocycles. The first kappa shape index (κ1) is 16.3. The van der Waals surface area contributed by atoms with Crippen LogP contribution >= 0.6 is 11.3 Å². The Labute approximate surface area is 139 Å². The highest BCUT2D eigenvalue weighted by Gasteiger charge is 2.27. The van der Waals surface area contributed by atoms with Gasteiger partial charge in [0.1, 0.15) is 10.8 Å². The smallest absolute Gasteiger partial charge is 0.211 e. The van der Waals surface area contributed by atoms with Crippen LogP contribution in [-0.4, -0.2) is 47.2 Å². The number of sulfonamides is 1. The van der Waals surface area contributed by atoms with Crippen molar-refractivity contribution in [2.24, 2.45) is 0 Å². The van der Waals surface area contributed by atoms with E-state index in [0.29, 0.717) is 24.0 Å². The van der Waals surface area contributed by atoms with Gasteiger partial charge in [0.2, 0.25) is 15.2 Å². The number of aromatic nitrogens is 3. The van der Waals surface area contributed by atoms with E-state index in [0.717, 1.165) is 23.5 Å². The lowest BCUT2D eigenvalue weighted by Gasteiger charge is -2.30. The topological polar surface area (TPSA) is 88.1 Å². The molecule has 0 aliphatic carbocycles. The zero-order valence-corrected chi connectivity index (χ0v) is 14.7. The molecule has 0 radical (unpaired) electrons. The summed E-state index contributed by atoms with van der Waals surface area (Å²) in [6.07, 6.45) is 3.06. The lowest BCUT2D eigenvalue weighted by Crippen LogP contribution is -2.38. The van der Waals surface area contributed by atoms with Gasteiger partial charge in [-0.2, -0.15) is 0 Å². The van der Waals surface area contributed by atoms with Gasteiger partial charge in [0.15, 0.2) is 0 Å². The normalized spacial score (nSPS) is 19.7. The number of nitrogens with one attached hydrogen (secondary N) is 1. The van der Waals surface area contributed by atoms with Gasteiger partial charge >= 0.3 is 0 Å². The van der Waals surface area contributed by atoms with Gasteiger partial charge < -0.3 is 5.32 Å². The second-order valence-electron chi connectivity index (χ2n) is 5.66. The van der Waals surface area contributed by atoms with Crippen molar-refractivity contribution in [1.82, 2.24) is 19.5 Å². The van der Waals surface area contributed by atoms with Crippen molar-refractivity contribution in [2.45, 2.75) is 25.7 Å². The second-order valence-corrected chi connectivity index (χ2v) is 8.82. The van der Waals surface area contributed by atoms with Crippen molar-refractivity contribution < 1.29 is 8.42 Å². The molecule has 0 unspecified atom stereocenters. The number of pyridine rings is 1. The SMILES string of the molecule is Cc1nnc(Nc2cccc([C@@H]3CCCN(S(C)(=O)=O)C3)n2)s1. The van der Waals surface area contributed by atoms with Gasteiger partial charge in [-0.05, 0) is 31.9 Å². The summed E-state index contributed by atoms with van der Waals surface area (Å²) in [5.41, 5.74) is 0.907. The molecule has 2 aromatic heterocycles. The molecule has 1 N–H and O–H groups in total. The van der Waals surface area contributed by atoms with Gasteiger partial charge in [-0.15, -0.1) is 10.2 Å². The zero-order valence-electron chi connectivity index (χ0n) is 13.1. The molecule has 23 heavy (non-hydrogen) atoms. The average Bonchev–Trinajstić information content (AvgIpc) is 2.92. The Morgan fingerprint density at radius 2 is 2.17 bits per heavy atom. The van der Waals surface area contributed by atoms with Crippen LogP contribution in [-0.2, 0) is 10.0 Å². The van der Waals surface area contributed by atoms with Gasteiger partial charge in [-0.25, -0.2) is 17.7 Å². The maximum atomic E-state index is 11.8. The molecule has 9 heteroatoms. The van der Waals surface area contributed by atoms with Crippen molar-refractivity contribution >= 4 is 32.3 Å². The Balaban J connectivity index is 1.76. The maximum absolute atomic E-state index is 11.8. The Kier molecular flexibility index (Phi) is 4.60. The van der Waals surface area contributed by atoms with E-state index in [4.69, 9.17) is 0 Å². The Morgan fingerprint density at radius 1 is 1.35 bits per heavy atom. The molecule has 3 rings (SSSR count). The number of hydrogen-bond acceptors (Lipinski definition) is 7. The minimum atomic E-state index is -3.15. The predicted molar refractivity (Wildman–Crippen MR) is 90.6 cm³/mol. The summed E-state index contributed by atoms with van der Waals surface area (Å²) in [5, 5.41) is 12.7. The molecule has 0 bridgehead atoms. The van der Waals surface area contributed by atoms with Crippen molar-refractivity contribution in [3.05, 3.63) is 28.9 Å². The summed E-state index contributed by atoms with van der Waals surface area (Å²) in [5.74, 6) is 0.825. The number of rotatable bonds is 4. The summed E-state index contributed by atoms with van der Waals surface area (Å²) in [6, 6.07) is 5.75. The number of piperidine rings is 1. The van der Waals surface area contributed by atoms with Crippen LogP contribution in [0.1, 0.15) is 29.5 Å². The molecule has 1 aliphatic rings. The molecule has 1 fully saturated rings. The summed E-state index contributed by atoms with van der Waals surface area (Å²) < 4.78 is 25.0. The molecule has 7 nitrogen and oxygen atoms in total. The Hall–Kier alpha value is -1.58. The highest BCUT2D eigenvalue weighted by atomic mass is 32.2. The third-order valence-corrected chi connectivity index (χ3v) is 5.83. The van der Waals surface area contributed by atoms with Gasteiger partial charge in [0, 0.05) is 24.7 Å². The van der Waals surface area contributed by atoms with E-state index in [9.17, 15) is 8.42 Å². The first-order chi connectivity index (χ1) is 10.9. The first-order valence-electron chi connectivity index (χ1n) is 7.41. The molecule has 3 heterocycles. The molecular formula is C14H19N5O2S2. The van der Waals surface area contributed by atoms with E-state index in [1.54, 1.807) is 0 Å². The molecule has 1 saturated heterocycles. The summed E-state index contributed by atoms with van der Waals surface area (Å²) in [4.78, 5) is 4.62. The van der Waals surface area contributed by atoms with Gasteiger partial charge in [-0.1, -0.05) is 17.4 Å². The molecule has 0 amide bonds. The van der Waals surface area contributed by atoms with Crippen LogP contribution in [0, 0.1) is 6.92 Å². The van der Waals surface area contributed by atoms with Crippen molar-refractivity contribution in [3.63, 3.8) is 0 Å². The van der Waals surface area contributed by atoms with Crippen LogP contribution in [0.2, 0.25) is 0 Å². The quantitative estimate of drug-likeness (QED) is 0.906. The Morgan fingerprint density at radius 3 is 2.87 bits per heavy atom. The fourth-order valence-corrected chi connectivity index (χ4v) is 4.20. The largest absolute Gasteiger partial charge is 0.315 e. The van der Waals surface area contributed by atoms with Crippen LogP contribution in [0.5, 0.6) is 0 Å². The van der Waals surface area contributed by atoms with Gasteiger partial charge in [-0.3, -0.25) is 0 Å². The summed E-state index contributed by atoms with van der Waals surface area (Å²) >= 11 is 1.47. The minimum absolute atomic E-state index is 0.122. The van der Waals surface area contributed by atoms with Crippen LogP contribution in [0.4, 0.5) is 10.9 Å². The van der Waals surface area contributed by atoms with Gasteiger partial charge in [0.05, 0.1) is 6.26 Å². The number of nitrogens with zero attached hydrogens (tertiary/aromatic N) is 4. The second kappa shape index (κ2) is 6.50. The first-order valence-corrected chi connectivity index (χ1v) is 10.1. The lowest BCUT2D eigenvalue weighted by molar-refractivity contribution is 0.314. The predicted octanol–water partition coefficient (Wildman–Crippen LogP) is 2.12. The standard InChI is InChI=1S/C14H19N5O2S2/c1-10-17-18-14(22-10)16-13-7-3-6-12(15-13)11-5-4-8-19(9-11)23(2,20)21/h3,6-7,11H,4-5,8-9H2,1-2H3,(H,15,16,18)/t11-/m1/s1. The third-order valence-electron chi connectivity index (χ3n) is 3.80. The fourth-order valence-electron chi connectivity index (χ4n) is 2.69. The third kappa shape index (κ3) is 4.04. The van der Waals surface area contributed by atoms with Crippen molar-refractivity contribution in [1.29, 1.82) is 0 Å². The molecule has 124 valence electrons. The van der Waals surface area contributed by atoms with Crippen molar-refractivity contribution in [3.8, 4) is 0 Å². The van der Waals surface area contributed by atoms with Crippen molar-refractivity contribution in [2.75, 3.05) is 24.7 Å². The van der Waals surface area contributed by atoms with E-state index >= 15 is 0 Å². The van der Waals surface area contributed by atoms with E-state index in [1.807, 2.05) is 25.1 Å². The summed E-state index contributed by atoms with van der Waals surface area (Å²) in [7, 11) is -3.15. The molecule has 1 aliphatic heterocycles. The van der Waals surface area contributed by atoms with E-state index in [-0.39, 0.29) is 5.92 Å². The minimum Gasteiger partial charge on any atom is -0.315 e. The van der Waals surface area contributed by atoms with E-state index in [2.05, 4.69) is 20.5 Å². The van der Waals surface area contributed by atoms with E-state index in [1.165, 1.54) is 21.9 Å². The van der Waals surface area contributed by atoms with Gasteiger partial charge in [0.25, 0.3) is 0 Å². The zero-order chi connectivity index (χ0) is 16.4. The number of hydrogen-bond donors (Lipinski definition) is 1.